The van der Waals surface area contributed by atoms with Gasteiger partial charge in [0.2, 0.25) is 5.91 Å². The van der Waals surface area contributed by atoms with Gasteiger partial charge in [-0.15, -0.1) is 0 Å². The summed E-state index contributed by atoms with van der Waals surface area (Å²) in [6.45, 7) is 3.72. The molecule has 0 aliphatic carbocycles. The summed E-state index contributed by atoms with van der Waals surface area (Å²) in [4.78, 5) is 44.3. The number of benzene rings is 1. The molecule has 1 aromatic carbocycles. The first-order valence-electron chi connectivity index (χ1n) is 12.0. The number of aryl methyl sites for hydroxylation is 1. The van der Waals surface area contributed by atoms with Gasteiger partial charge >= 0.3 is 5.97 Å². The lowest BCUT2D eigenvalue weighted by molar-refractivity contribution is -0.158. The van der Waals surface area contributed by atoms with Crippen molar-refractivity contribution in [3.05, 3.63) is 53.1 Å². The molecule has 8 nitrogen and oxygen atoms in total. The Morgan fingerprint density at radius 3 is 2.69 bits per heavy atom. The van der Waals surface area contributed by atoms with Gasteiger partial charge in [0.05, 0.1) is 35.4 Å². The zero-order chi connectivity index (χ0) is 25.0. The monoisotopic (exact) mass is 500 g/mol. The molecule has 4 heterocycles. The smallest absolute Gasteiger partial charge is 0.313 e. The number of carbonyl (C=O) groups excluding carboxylic acids is 3. The Bertz CT molecular complexity index is 1110. The number of rotatable bonds is 3. The molecule has 1 unspecified atom stereocenters. The number of aliphatic hydroxyl groups excluding tert-OH is 1. The number of hydrogen-bond acceptors (Lipinski definition) is 6. The molecule has 0 radical (unpaired) electrons. The number of fused-ring (bicyclic) bond motifs is 2. The summed E-state index contributed by atoms with van der Waals surface area (Å²) in [5.41, 5.74) is -1.15. The molecular formula is C26H29ClN2O6. The Morgan fingerprint density at radius 2 is 1.94 bits per heavy atom. The zero-order valence-electron chi connectivity index (χ0n) is 19.8. The molecular weight excluding hydrogens is 472 g/mol. The number of amides is 2. The summed E-state index contributed by atoms with van der Waals surface area (Å²) in [6, 6.07) is 4.32. The summed E-state index contributed by atoms with van der Waals surface area (Å²) in [5, 5.41) is 10.2. The molecule has 1 spiro atoms. The Labute approximate surface area is 209 Å². The van der Waals surface area contributed by atoms with Crippen LogP contribution in [-0.2, 0) is 23.9 Å². The summed E-state index contributed by atoms with van der Waals surface area (Å²) >= 11 is 6.51. The molecule has 9 heteroatoms. The molecule has 0 bridgehead atoms. The van der Waals surface area contributed by atoms with Crippen molar-refractivity contribution in [1.82, 2.24) is 4.90 Å². The van der Waals surface area contributed by atoms with Crippen LogP contribution >= 0.6 is 11.6 Å². The fraction of sp³-hybridized carbons (Fsp3) is 0.500. The van der Waals surface area contributed by atoms with Crippen LogP contribution < -0.4 is 4.90 Å². The number of likely N-dealkylation sites (tertiary alicyclic amines) is 1. The third-order valence-electron chi connectivity index (χ3n) is 7.55. The molecule has 35 heavy (non-hydrogen) atoms. The molecule has 186 valence electrons. The second-order valence-electron chi connectivity index (χ2n) is 9.72. The molecule has 4 aliphatic heterocycles. The van der Waals surface area contributed by atoms with Crippen LogP contribution in [0.25, 0.3) is 0 Å². The van der Waals surface area contributed by atoms with Crippen molar-refractivity contribution in [1.29, 1.82) is 0 Å². The predicted molar refractivity (Wildman–Crippen MR) is 129 cm³/mol. The number of para-hydroxylation sites is 1. The molecule has 1 aromatic rings. The van der Waals surface area contributed by atoms with E-state index in [2.05, 4.69) is 0 Å². The van der Waals surface area contributed by atoms with Crippen LogP contribution in [-0.4, -0.2) is 71.3 Å². The minimum atomic E-state index is -1.39. The van der Waals surface area contributed by atoms with Gasteiger partial charge < -0.3 is 24.4 Å². The van der Waals surface area contributed by atoms with E-state index < -0.39 is 41.0 Å². The number of cyclic esters (lactones) is 1. The molecule has 1 N–H and O–H groups in total. The van der Waals surface area contributed by atoms with E-state index in [1.165, 1.54) is 4.90 Å². The summed E-state index contributed by atoms with van der Waals surface area (Å²) in [7, 11) is 0. The lowest BCUT2D eigenvalue weighted by Crippen LogP contribution is -2.56. The van der Waals surface area contributed by atoms with Crippen molar-refractivity contribution < 1.29 is 29.0 Å². The van der Waals surface area contributed by atoms with Gasteiger partial charge in [0, 0.05) is 13.1 Å². The third kappa shape index (κ3) is 3.53. The Hall–Kier alpha value is -2.68. The number of esters is 1. The number of ether oxygens (including phenoxy) is 2. The van der Waals surface area contributed by atoms with Crippen LogP contribution in [0.1, 0.15) is 25.3 Å². The van der Waals surface area contributed by atoms with E-state index in [1.807, 2.05) is 31.2 Å². The van der Waals surface area contributed by atoms with Gasteiger partial charge in [-0.05, 0) is 38.3 Å². The Morgan fingerprint density at radius 1 is 1.14 bits per heavy atom. The third-order valence-corrected chi connectivity index (χ3v) is 7.85. The minimum absolute atomic E-state index is 0.0612. The lowest BCUT2D eigenvalue weighted by atomic mass is 9.74. The SMILES string of the molecule is Cc1cccc(Cl)c1N1CC=C[C@]23O[C@@]4(C)/C=C\CCCOC(=O)[C@H]4[C@H]2C(=O)N(CCO)C3C1=O. The number of hydrogen-bond donors (Lipinski definition) is 1. The highest BCUT2D eigenvalue weighted by Crippen LogP contribution is 2.57. The van der Waals surface area contributed by atoms with Gasteiger partial charge in [0.25, 0.3) is 5.91 Å². The van der Waals surface area contributed by atoms with Crippen molar-refractivity contribution >= 4 is 35.1 Å². The van der Waals surface area contributed by atoms with E-state index in [4.69, 9.17) is 21.1 Å². The van der Waals surface area contributed by atoms with Crippen LogP contribution in [0.3, 0.4) is 0 Å². The van der Waals surface area contributed by atoms with Gasteiger partial charge in [-0.3, -0.25) is 14.4 Å². The topological polar surface area (TPSA) is 96.4 Å². The first kappa shape index (κ1) is 24.0. The highest BCUT2D eigenvalue weighted by Gasteiger charge is 2.74. The van der Waals surface area contributed by atoms with Crippen molar-refractivity contribution in [3.8, 4) is 0 Å². The number of halogens is 1. The lowest BCUT2D eigenvalue weighted by Gasteiger charge is -2.37. The van der Waals surface area contributed by atoms with Crippen LogP contribution in [0.4, 0.5) is 5.69 Å². The Balaban J connectivity index is 1.67. The first-order valence-corrected chi connectivity index (χ1v) is 12.3. The number of nitrogens with zero attached hydrogens (tertiary/aromatic N) is 2. The molecule has 5 atom stereocenters. The number of allylic oxidation sites excluding steroid dienone is 1. The van der Waals surface area contributed by atoms with Crippen LogP contribution in [0.15, 0.2) is 42.5 Å². The molecule has 4 aliphatic rings. The quantitative estimate of drug-likeness (QED) is 0.506. The van der Waals surface area contributed by atoms with Gasteiger partial charge in [0.15, 0.2) is 0 Å². The average Bonchev–Trinajstić information content (AvgIpc) is 3.15. The van der Waals surface area contributed by atoms with Gasteiger partial charge in [-0.2, -0.15) is 0 Å². The number of aliphatic hydroxyl groups is 1. The van der Waals surface area contributed by atoms with E-state index in [9.17, 15) is 19.5 Å². The standard InChI is InChI=1S/C26H29ClN2O6/c1-16-8-6-9-17(27)20(16)28-12-7-11-26-18(22(31)29(13-14-30)21(26)23(28)32)19-24(33)34-15-5-3-4-10-25(19,2)35-26/h4,6-11,18-19,21,30H,3,5,12-15H2,1-2H3/b10-4-/t18-,19+,21?,25-,26-/m0/s1. The number of β-amino-alcohol motifs (C(OH)–C–C–N with tert-alkyl or cyclic N) is 1. The second-order valence-corrected chi connectivity index (χ2v) is 10.1. The molecule has 2 fully saturated rings. The molecule has 2 saturated heterocycles. The Kier molecular flexibility index (Phi) is 6.02. The van der Waals surface area contributed by atoms with E-state index >= 15 is 0 Å². The van der Waals surface area contributed by atoms with E-state index in [1.54, 1.807) is 30.0 Å². The van der Waals surface area contributed by atoms with Gasteiger partial charge in [-0.1, -0.05) is 48.0 Å². The number of carbonyl (C=O) groups is 3. The second kappa shape index (κ2) is 8.76. The van der Waals surface area contributed by atoms with Gasteiger partial charge in [-0.25, -0.2) is 0 Å². The molecule has 0 saturated carbocycles. The summed E-state index contributed by atoms with van der Waals surface area (Å²) in [5.74, 6) is -3.18. The maximum Gasteiger partial charge on any atom is 0.313 e. The first-order chi connectivity index (χ1) is 16.7. The minimum Gasteiger partial charge on any atom is -0.465 e. The van der Waals surface area contributed by atoms with Crippen LogP contribution in [0.2, 0.25) is 5.02 Å². The highest BCUT2D eigenvalue weighted by atomic mass is 35.5. The van der Waals surface area contributed by atoms with E-state index in [0.717, 1.165) is 5.56 Å². The summed E-state index contributed by atoms with van der Waals surface area (Å²) < 4.78 is 12.2. The van der Waals surface area contributed by atoms with Gasteiger partial charge in [0.1, 0.15) is 17.6 Å². The molecule has 0 aromatic heterocycles. The van der Waals surface area contributed by atoms with Crippen molar-refractivity contribution in [3.63, 3.8) is 0 Å². The maximum absolute atomic E-state index is 14.2. The summed E-state index contributed by atoms with van der Waals surface area (Å²) in [6.07, 6.45) is 8.72. The van der Waals surface area contributed by atoms with E-state index in [0.29, 0.717) is 23.6 Å². The molecule has 5 rings (SSSR count). The largest absolute Gasteiger partial charge is 0.465 e. The fourth-order valence-electron chi connectivity index (χ4n) is 6.15. The average molecular weight is 501 g/mol. The van der Waals surface area contributed by atoms with Crippen molar-refractivity contribution in [2.75, 3.05) is 31.2 Å². The van der Waals surface area contributed by atoms with Crippen LogP contribution in [0.5, 0.6) is 0 Å². The van der Waals surface area contributed by atoms with Crippen LogP contribution in [0, 0.1) is 18.8 Å². The zero-order valence-corrected chi connectivity index (χ0v) is 20.5. The van der Waals surface area contributed by atoms with Crippen molar-refractivity contribution in [2.45, 2.75) is 43.9 Å². The molecule has 2 amide bonds. The highest BCUT2D eigenvalue weighted by molar-refractivity contribution is 6.34. The fourth-order valence-corrected chi connectivity index (χ4v) is 6.47. The number of anilines is 1. The van der Waals surface area contributed by atoms with Crippen molar-refractivity contribution in [2.24, 2.45) is 11.8 Å². The normalized spacial score (nSPS) is 35.4. The predicted octanol–water partition coefficient (Wildman–Crippen LogP) is 2.41. The maximum atomic E-state index is 14.2. The van der Waals surface area contributed by atoms with E-state index in [-0.39, 0.29) is 32.2 Å².